The van der Waals surface area contributed by atoms with E-state index in [4.69, 9.17) is 14.4 Å². The van der Waals surface area contributed by atoms with Gasteiger partial charge in [-0.1, -0.05) is 41.5 Å². The van der Waals surface area contributed by atoms with E-state index >= 15 is 0 Å². The Morgan fingerprint density at radius 2 is 1.78 bits per heavy atom. The Labute approximate surface area is 184 Å². The second-order valence-electron chi connectivity index (χ2n) is 6.90. The quantitative estimate of drug-likeness (QED) is 0.321. The highest BCUT2D eigenvalue weighted by Gasteiger charge is 2.34. The average Bonchev–Trinajstić information content (AvgIpc) is 2.76. The van der Waals surface area contributed by atoms with Crippen LogP contribution in [0, 0.1) is 6.92 Å². The van der Waals surface area contributed by atoms with Crippen molar-refractivity contribution in [2.45, 2.75) is 40.0 Å². The van der Waals surface area contributed by atoms with Gasteiger partial charge in [0.2, 0.25) is 0 Å². The molecule has 172 valence electrons. The first kappa shape index (κ1) is 24.9. The lowest BCUT2D eigenvalue weighted by atomic mass is 9.99. The standard InChI is InChI=1S/C23H25F3N2O4/c1-6-16-10-11-20(23(24,25)26)18(12-16)15(3)27-32-13-19-14(2)8-7-9-17(19)21(28-31-5)22(29)30-4/h7-12H,6,13H2,1-5H3/b27-15+,28-21+. The van der Waals surface area contributed by atoms with E-state index in [2.05, 4.69) is 10.3 Å². The van der Waals surface area contributed by atoms with Gasteiger partial charge in [0.25, 0.3) is 0 Å². The number of halogens is 3. The zero-order valence-electron chi connectivity index (χ0n) is 18.5. The number of ether oxygens (including phenoxy) is 1. The summed E-state index contributed by atoms with van der Waals surface area (Å²) in [5, 5.41) is 7.66. The fourth-order valence-corrected chi connectivity index (χ4v) is 3.10. The molecule has 0 radical (unpaired) electrons. The molecule has 0 aliphatic heterocycles. The van der Waals surface area contributed by atoms with E-state index in [1.807, 2.05) is 6.92 Å². The van der Waals surface area contributed by atoms with Crippen molar-refractivity contribution >= 4 is 17.4 Å². The fourth-order valence-electron chi connectivity index (χ4n) is 3.10. The van der Waals surface area contributed by atoms with Crippen molar-refractivity contribution in [2.24, 2.45) is 10.3 Å². The molecule has 32 heavy (non-hydrogen) atoms. The number of esters is 1. The third-order valence-corrected chi connectivity index (χ3v) is 4.82. The fraction of sp³-hybridized carbons (Fsp3) is 0.348. The van der Waals surface area contributed by atoms with Crippen LogP contribution in [-0.2, 0) is 38.4 Å². The summed E-state index contributed by atoms with van der Waals surface area (Å²) in [7, 11) is 2.51. The van der Waals surface area contributed by atoms with E-state index in [0.29, 0.717) is 17.5 Å². The van der Waals surface area contributed by atoms with Crippen LogP contribution in [-0.4, -0.2) is 31.6 Å². The van der Waals surface area contributed by atoms with Gasteiger partial charge < -0.3 is 14.4 Å². The average molecular weight is 450 g/mol. The molecule has 9 heteroatoms. The molecule has 0 saturated carbocycles. The van der Waals surface area contributed by atoms with E-state index in [9.17, 15) is 18.0 Å². The summed E-state index contributed by atoms with van der Waals surface area (Å²) < 4.78 is 45.1. The summed E-state index contributed by atoms with van der Waals surface area (Å²) in [6, 6.07) is 9.13. The summed E-state index contributed by atoms with van der Waals surface area (Å²) >= 11 is 0. The van der Waals surface area contributed by atoms with Crippen molar-refractivity contribution < 1.29 is 32.4 Å². The Morgan fingerprint density at radius 3 is 2.38 bits per heavy atom. The second kappa shape index (κ2) is 10.8. The van der Waals surface area contributed by atoms with Crippen molar-refractivity contribution in [1.82, 2.24) is 0 Å². The molecular weight excluding hydrogens is 425 g/mol. The van der Waals surface area contributed by atoms with Crippen LogP contribution in [0.2, 0.25) is 0 Å². The summed E-state index contributed by atoms with van der Waals surface area (Å²) in [4.78, 5) is 22.3. The van der Waals surface area contributed by atoms with E-state index in [0.717, 1.165) is 17.2 Å². The Hall–Kier alpha value is -3.36. The van der Waals surface area contributed by atoms with Gasteiger partial charge in [0, 0.05) is 16.7 Å². The number of carbonyl (C=O) groups is 1. The Bertz CT molecular complexity index is 1030. The zero-order chi connectivity index (χ0) is 23.9. The van der Waals surface area contributed by atoms with Crippen molar-refractivity contribution in [3.8, 4) is 0 Å². The van der Waals surface area contributed by atoms with Crippen LogP contribution >= 0.6 is 0 Å². The SMILES string of the molecule is CCc1ccc(C(F)(F)F)c(/C(C)=N/OCc2c(C)cccc2/C(=N\OC)C(=O)OC)c1. The van der Waals surface area contributed by atoms with E-state index in [-0.39, 0.29) is 23.6 Å². The smallest absolute Gasteiger partial charge is 0.417 e. The predicted molar refractivity (Wildman–Crippen MR) is 115 cm³/mol. The van der Waals surface area contributed by atoms with Crippen LogP contribution in [0.1, 0.15) is 47.2 Å². The van der Waals surface area contributed by atoms with E-state index < -0.39 is 17.7 Å². The molecule has 2 aromatic rings. The summed E-state index contributed by atoms with van der Waals surface area (Å²) in [5.41, 5.74) is 1.71. The maximum Gasteiger partial charge on any atom is 0.417 e. The number of aryl methyl sites for hydroxylation is 2. The summed E-state index contributed by atoms with van der Waals surface area (Å²) in [5.74, 6) is -0.704. The number of benzene rings is 2. The minimum atomic E-state index is -4.52. The number of alkyl halides is 3. The molecule has 0 aliphatic rings. The second-order valence-corrected chi connectivity index (χ2v) is 6.90. The van der Waals surface area contributed by atoms with Crippen molar-refractivity contribution in [3.63, 3.8) is 0 Å². The number of rotatable bonds is 8. The van der Waals surface area contributed by atoms with Gasteiger partial charge in [-0.15, -0.1) is 0 Å². The van der Waals surface area contributed by atoms with Crippen LogP contribution in [0.25, 0.3) is 0 Å². The normalized spacial score (nSPS) is 12.5. The summed E-state index contributed by atoms with van der Waals surface area (Å²) in [6.07, 6.45) is -3.94. The molecule has 0 fully saturated rings. The van der Waals surface area contributed by atoms with Crippen LogP contribution in [0.5, 0.6) is 0 Å². The molecule has 0 atom stereocenters. The molecule has 0 aliphatic carbocycles. The molecule has 0 heterocycles. The highest BCUT2D eigenvalue weighted by atomic mass is 19.4. The number of hydrogen-bond donors (Lipinski definition) is 0. The zero-order valence-corrected chi connectivity index (χ0v) is 18.5. The predicted octanol–water partition coefficient (Wildman–Crippen LogP) is 5.04. The van der Waals surface area contributed by atoms with E-state index in [1.54, 1.807) is 25.1 Å². The van der Waals surface area contributed by atoms with Gasteiger partial charge in [-0.2, -0.15) is 13.2 Å². The first-order valence-corrected chi connectivity index (χ1v) is 9.79. The largest absolute Gasteiger partial charge is 0.464 e. The molecule has 2 aromatic carbocycles. The van der Waals surface area contributed by atoms with Crippen molar-refractivity contribution in [1.29, 1.82) is 0 Å². The molecule has 0 saturated heterocycles. The Kier molecular flexibility index (Phi) is 8.40. The maximum atomic E-state index is 13.4. The molecular formula is C23H25F3N2O4. The molecule has 0 N–H and O–H groups in total. The minimum Gasteiger partial charge on any atom is -0.464 e. The number of carbonyl (C=O) groups excluding carboxylic acids is 1. The Balaban J connectivity index is 2.39. The van der Waals surface area contributed by atoms with Gasteiger partial charge in [0.05, 0.1) is 18.4 Å². The van der Waals surface area contributed by atoms with Crippen LogP contribution < -0.4 is 0 Å². The minimum absolute atomic E-state index is 0.0435. The maximum absolute atomic E-state index is 13.4. The number of oxime groups is 2. The van der Waals surface area contributed by atoms with Gasteiger partial charge in [0.15, 0.2) is 5.71 Å². The molecule has 0 aromatic heterocycles. The molecule has 0 spiro atoms. The topological polar surface area (TPSA) is 69.5 Å². The van der Waals surface area contributed by atoms with E-state index in [1.165, 1.54) is 33.3 Å². The van der Waals surface area contributed by atoms with Gasteiger partial charge in [-0.05, 0) is 43.5 Å². The van der Waals surface area contributed by atoms with Gasteiger partial charge in [0.1, 0.15) is 13.7 Å². The van der Waals surface area contributed by atoms with Crippen LogP contribution in [0.3, 0.4) is 0 Å². The van der Waals surface area contributed by atoms with Gasteiger partial charge in [-0.25, -0.2) is 4.79 Å². The third kappa shape index (κ3) is 5.87. The number of nitrogens with zero attached hydrogens (tertiary/aromatic N) is 2. The van der Waals surface area contributed by atoms with Gasteiger partial charge in [-0.3, -0.25) is 0 Å². The lowest BCUT2D eigenvalue weighted by Crippen LogP contribution is -2.20. The monoisotopic (exact) mass is 450 g/mol. The molecule has 2 rings (SSSR count). The first-order chi connectivity index (χ1) is 15.1. The molecule has 0 bridgehead atoms. The van der Waals surface area contributed by atoms with Crippen molar-refractivity contribution in [2.75, 3.05) is 14.2 Å². The van der Waals surface area contributed by atoms with Crippen molar-refractivity contribution in [3.05, 3.63) is 69.8 Å². The first-order valence-electron chi connectivity index (χ1n) is 9.79. The van der Waals surface area contributed by atoms with Crippen LogP contribution in [0.15, 0.2) is 46.7 Å². The molecule has 6 nitrogen and oxygen atoms in total. The van der Waals surface area contributed by atoms with Crippen LogP contribution in [0.4, 0.5) is 13.2 Å². The molecule has 0 amide bonds. The summed E-state index contributed by atoms with van der Waals surface area (Å²) in [6.45, 7) is 5.01. The third-order valence-electron chi connectivity index (χ3n) is 4.82. The molecule has 0 unspecified atom stereocenters. The Morgan fingerprint density at radius 1 is 1.06 bits per heavy atom. The number of methoxy groups -OCH3 is 1. The lowest BCUT2D eigenvalue weighted by molar-refractivity contribution is -0.137. The van der Waals surface area contributed by atoms with Gasteiger partial charge >= 0.3 is 12.1 Å². The highest BCUT2D eigenvalue weighted by molar-refractivity contribution is 6.43. The highest BCUT2D eigenvalue weighted by Crippen LogP contribution is 2.33. The number of hydrogen-bond acceptors (Lipinski definition) is 6. The lowest BCUT2D eigenvalue weighted by Gasteiger charge is -2.15.